The lowest BCUT2D eigenvalue weighted by atomic mass is 10.1. The molecule has 0 bridgehead atoms. The van der Waals surface area contributed by atoms with Crippen molar-refractivity contribution in [2.75, 3.05) is 6.54 Å². The number of nitrogens with zero attached hydrogens (tertiary/aromatic N) is 2. The van der Waals surface area contributed by atoms with Crippen molar-refractivity contribution in [2.24, 2.45) is 0 Å². The van der Waals surface area contributed by atoms with Gasteiger partial charge >= 0.3 is 0 Å². The monoisotopic (exact) mass is 261 g/mol. The van der Waals surface area contributed by atoms with Gasteiger partial charge in [-0.1, -0.05) is 6.07 Å². The van der Waals surface area contributed by atoms with Crippen LogP contribution in [0.2, 0.25) is 0 Å². The lowest BCUT2D eigenvalue weighted by Crippen LogP contribution is -2.16. The van der Waals surface area contributed by atoms with E-state index in [0.29, 0.717) is 6.54 Å². The smallest absolute Gasteiger partial charge is 0.140 e. The number of nitriles is 1. The van der Waals surface area contributed by atoms with Crippen LogP contribution in [0.1, 0.15) is 16.8 Å². The van der Waals surface area contributed by atoms with Crippen molar-refractivity contribution in [3.05, 3.63) is 51.7 Å². The molecule has 0 saturated heterocycles. The van der Waals surface area contributed by atoms with E-state index >= 15 is 0 Å². The molecule has 0 aliphatic heterocycles. The molecule has 0 fully saturated rings. The maximum absolute atomic E-state index is 13.1. The van der Waals surface area contributed by atoms with Crippen molar-refractivity contribution < 1.29 is 4.39 Å². The quantitative estimate of drug-likeness (QED) is 0.841. The lowest BCUT2D eigenvalue weighted by molar-refractivity contribution is 0.621. The van der Waals surface area contributed by atoms with Crippen LogP contribution in [-0.2, 0) is 13.0 Å². The first-order valence-corrected chi connectivity index (χ1v) is 6.50. The number of hydrogen-bond acceptors (Lipinski definition) is 4. The van der Waals surface area contributed by atoms with E-state index in [2.05, 4.69) is 10.3 Å². The van der Waals surface area contributed by atoms with Crippen LogP contribution in [0.3, 0.4) is 0 Å². The first-order chi connectivity index (χ1) is 8.79. The Balaban J connectivity index is 1.82. The van der Waals surface area contributed by atoms with Gasteiger partial charge in [0, 0.05) is 24.9 Å². The molecule has 1 aromatic heterocycles. The Labute approximate surface area is 109 Å². The summed E-state index contributed by atoms with van der Waals surface area (Å²) >= 11 is 1.58. The molecule has 0 saturated carbocycles. The van der Waals surface area contributed by atoms with E-state index in [4.69, 9.17) is 5.26 Å². The fourth-order valence-corrected chi connectivity index (χ4v) is 2.17. The second-order valence-electron chi connectivity index (χ2n) is 3.83. The summed E-state index contributed by atoms with van der Waals surface area (Å²) < 4.78 is 13.1. The van der Waals surface area contributed by atoms with Crippen molar-refractivity contribution in [3.63, 3.8) is 0 Å². The van der Waals surface area contributed by atoms with E-state index in [0.717, 1.165) is 24.2 Å². The molecule has 1 heterocycles. The molecule has 0 spiro atoms. The summed E-state index contributed by atoms with van der Waals surface area (Å²) in [6.45, 7) is 1.43. The van der Waals surface area contributed by atoms with Gasteiger partial charge in [-0.3, -0.25) is 0 Å². The molecule has 0 amide bonds. The van der Waals surface area contributed by atoms with E-state index in [1.165, 1.54) is 6.07 Å². The summed E-state index contributed by atoms with van der Waals surface area (Å²) in [6.07, 6.45) is 0.871. The van der Waals surface area contributed by atoms with Crippen molar-refractivity contribution >= 4 is 11.3 Å². The zero-order valence-electron chi connectivity index (χ0n) is 9.69. The highest BCUT2D eigenvalue weighted by Crippen LogP contribution is 2.09. The van der Waals surface area contributed by atoms with Crippen LogP contribution in [0.15, 0.2) is 29.1 Å². The van der Waals surface area contributed by atoms with Gasteiger partial charge in [-0.2, -0.15) is 5.26 Å². The zero-order valence-corrected chi connectivity index (χ0v) is 10.5. The predicted molar refractivity (Wildman–Crippen MR) is 68.6 cm³/mol. The van der Waals surface area contributed by atoms with Crippen LogP contribution in [0.4, 0.5) is 4.39 Å². The Morgan fingerprint density at radius 1 is 1.44 bits per heavy atom. The van der Waals surface area contributed by atoms with Crippen LogP contribution < -0.4 is 5.32 Å². The van der Waals surface area contributed by atoms with Crippen LogP contribution in [0, 0.1) is 17.1 Å². The van der Waals surface area contributed by atoms with E-state index in [1.807, 2.05) is 17.0 Å². The summed E-state index contributed by atoms with van der Waals surface area (Å²) in [7, 11) is 0. The minimum Gasteiger partial charge on any atom is -0.312 e. The summed E-state index contributed by atoms with van der Waals surface area (Å²) in [5.74, 6) is -0.469. The molecule has 5 heteroatoms. The third-order valence-corrected chi connectivity index (χ3v) is 3.16. The normalized spacial score (nSPS) is 10.2. The van der Waals surface area contributed by atoms with E-state index < -0.39 is 5.82 Å². The SMILES string of the molecule is N#Cc1cc(CNCCc2cscn2)ccc1F. The molecule has 1 N–H and O–H groups in total. The Hall–Kier alpha value is -1.77. The van der Waals surface area contributed by atoms with Crippen molar-refractivity contribution in [2.45, 2.75) is 13.0 Å². The second kappa shape index (κ2) is 6.24. The number of halogens is 1. The van der Waals surface area contributed by atoms with Gasteiger partial charge in [0.15, 0.2) is 0 Å². The molecule has 18 heavy (non-hydrogen) atoms. The molecular formula is C13H12FN3S. The van der Waals surface area contributed by atoms with Gasteiger partial charge in [0.25, 0.3) is 0 Å². The molecule has 3 nitrogen and oxygen atoms in total. The van der Waals surface area contributed by atoms with Crippen molar-refractivity contribution in [1.82, 2.24) is 10.3 Å². The number of rotatable bonds is 5. The average Bonchev–Trinajstić information content (AvgIpc) is 2.89. The molecule has 2 aromatic rings. The Bertz CT molecular complexity index is 546. The molecule has 92 valence electrons. The number of nitrogens with one attached hydrogen (secondary N) is 1. The maximum Gasteiger partial charge on any atom is 0.140 e. The lowest BCUT2D eigenvalue weighted by Gasteiger charge is -2.04. The Morgan fingerprint density at radius 2 is 2.33 bits per heavy atom. The molecule has 0 unspecified atom stereocenters. The van der Waals surface area contributed by atoms with Gasteiger partial charge in [-0.25, -0.2) is 9.37 Å². The standard InChI is InChI=1S/C13H12FN3S/c14-13-2-1-10(5-11(13)6-15)7-16-4-3-12-8-18-9-17-12/h1-2,5,8-9,16H,3-4,7H2. The molecule has 0 atom stereocenters. The summed E-state index contributed by atoms with van der Waals surface area (Å²) in [5, 5.41) is 14.0. The summed E-state index contributed by atoms with van der Waals surface area (Å²) in [6, 6.07) is 6.43. The molecular weight excluding hydrogens is 249 g/mol. The molecule has 2 rings (SSSR count). The highest BCUT2D eigenvalue weighted by Gasteiger charge is 2.02. The number of hydrogen-bond donors (Lipinski definition) is 1. The van der Waals surface area contributed by atoms with E-state index in [1.54, 1.807) is 23.5 Å². The summed E-state index contributed by atoms with van der Waals surface area (Å²) in [5.41, 5.74) is 3.89. The zero-order chi connectivity index (χ0) is 12.8. The van der Waals surface area contributed by atoms with Gasteiger partial charge in [0.05, 0.1) is 16.8 Å². The van der Waals surface area contributed by atoms with Crippen LogP contribution in [0.25, 0.3) is 0 Å². The van der Waals surface area contributed by atoms with Crippen molar-refractivity contribution in [1.29, 1.82) is 5.26 Å². The first-order valence-electron chi connectivity index (χ1n) is 5.56. The third kappa shape index (κ3) is 3.36. The van der Waals surface area contributed by atoms with Gasteiger partial charge in [-0.05, 0) is 17.7 Å². The minimum atomic E-state index is -0.469. The molecule has 0 aliphatic rings. The van der Waals surface area contributed by atoms with Crippen LogP contribution in [0.5, 0.6) is 0 Å². The average molecular weight is 261 g/mol. The van der Waals surface area contributed by atoms with Crippen LogP contribution >= 0.6 is 11.3 Å². The predicted octanol–water partition coefficient (Wildman–Crippen LogP) is 2.49. The fourth-order valence-electron chi connectivity index (χ4n) is 1.58. The molecule has 0 aliphatic carbocycles. The highest BCUT2D eigenvalue weighted by molar-refractivity contribution is 7.07. The van der Waals surface area contributed by atoms with E-state index in [-0.39, 0.29) is 5.56 Å². The Kier molecular flexibility index (Phi) is 4.40. The van der Waals surface area contributed by atoms with Crippen LogP contribution in [-0.4, -0.2) is 11.5 Å². The van der Waals surface area contributed by atoms with E-state index in [9.17, 15) is 4.39 Å². The first kappa shape index (κ1) is 12.7. The summed E-state index contributed by atoms with van der Waals surface area (Å²) in [4.78, 5) is 4.19. The maximum atomic E-state index is 13.1. The number of aromatic nitrogens is 1. The molecule has 0 radical (unpaired) electrons. The van der Waals surface area contributed by atoms with Gasteiger partial charge in [0.1, 0.15) is 11.9 Å². The second-order valence-corrected chi connectivity index (χ2v) is 4.55. The van der Waals surface area contributed by atoms with Gasteiger partial charge < -0.3 is 5.32 Å². The highest BCUT2D eigenvalue weighted by atomic mass is 32.1. The minimum absolute atomic E-state index is 0.0915. The largest absolute Gasteiger partial charge is 0.312 e. The number of benzene rings is 1. The van der Waals surface area contributed by atoms with Gasteiger partial charge in [0.2, 0.25) is 0 Å². The third-order valence-electron chi connectivity index (χ3n) is 2.52. The topological polar surface area (TPSA) is 48.7 Å². The number of thiazole rings is 1. The van der Waals surface area contributed by atoms with Crippen molar-refractivity contribution in [3.8, 4) is 6.07 Å². The van der Waals surface area contributed by atoms with Gasteiger partial charge in [-0.15, -0.1) is 11.3 Å². The Morgan fingerprint density at radius 3 is 3.06 bits per heavy atom. The molecule has 1 aromatic carbocycles. The fraction of sp³-hybridized carbons (Fsp3) is 0.231.